The summed E-state index contributed by atoms with van der Waals surface area (Å²) in [5.41, 5.74) is -0.579. The van der Waals surface area contributed by atoms with Crippen LogP contribution in [-0.4, -0.2) is 48.0 Å². The van der Waals surface area contributed by atoms with E-state index in [2.05, 4.69) is 4.90 Å². The number of ether oxygens (including phenoxy) is 1. The fourth-order valence-electron chi connectivity index (χ4n) is 2.31. The van der Waals surface area contributed by atoms with Crippen LogP contribution < -0.4 is 0 Å². The third-order valence-corrected chi connectivity index (χ3v) is 3.36. The highest BCUT2D eigenvalue weighted by Crippen LogP contribution is 2.27. The Morgan fingerprint density at radius 2 is 2.15 bits per heavy atom. The van der Waals surface area contributed by atoms with Crippen LogP contribution in [-0.2, 0) is 4.74 Å². The topological polar surface area (TPSA) is 32.7 Å². The monoisotopic (exact) mass is 185 g/mol. The van der Waals surface area contributed by atoms with E-state index < -0.39 is 5.60 Å². The number of aliphatic hydroxyl groups is 1. The fraction of sp³-hybridized carbons (Fsp3) is 1.00. The molecule has 2 atom stereocenters. The minimum absolute atomic E-state index is 0.00750. The predicted molar refractivity (Wildman–Crippen MR) is 50.7 cm³/mol. The zero-order valence-corrected chi connectivity index (χ0v) is 8.33. The Morgan fingerprint density at radius 3 is 2.69 bits per heavy atom. The van der Waals surface area contributed by atoms with E-state index in [-0.39, 0.29) is 6.10 Å². The van der Waals surface area contributed by atoms with E-state index >= 15 is 0 Å². The quantitative estimate of drug-likeness (QED) is 0.684. The van der Waals surface area contributed by atoms with Gasteiger partial charge in [-0.25, -0.2) is 0 Å². The van der Waals surface area contributed by atoms with Crippen LogP contribution in [0.2, 0.25) is 0 Å². The lowest BCUT2D eigenvalue weighted by Crippen LogP contribution is -2.46. The van der Waals surface area contributed by atoms with Crippen LogP contribution in [0, 0.1) is 0 Å². The first-order valence-electron chi connectivity index (χ1n) is 5.27. The molecule has 0 aromatic heterocycles. The maximum absolute atomic E-state index is 10.3. The van der Waals surface area contributed by atoms with Gasteiger partial charge in [0, 0.05) is 19.6 Å². The first kappa shape index (κ1) is 9.44. The average Bonchev–Trinajstić information content (AvgIpc) is 2.65. The van der Waals surface area contributed by atoms with Crippen LogP contribution in [0.1, 0.15) is 26.2 Å². The smallest absolute Gasteiger partial charge is 0.105 e. The van der Waals surface area contributed by atoms with Gasteiger partial charge in [0.05, 0.1) is 6.10 Å². The Balaban J connectivity index is 1.91. The van der Waals surface area contributed by atoms with Gasteiger partial charge in [-0.3, -0.25) is 0 Å². The summed E-state index contributed by atoms with van der Waals surface area (Å²) in [6.07, 6.45) is 3.37. The molecule has 2 aliphatic heterocycles. The van der Waals surface area contributed by atoms with E-state index in [9.17, 15) is 5.11 Å². The Labute approximate surface area is 79.7 Å². The Morgan fingerprint density at radius 1 is 1.46 bits per heavy atom. The molecule has 0 aliphatic carbocycles. The maximum atomic E-state index is 10.3. The average molecular weight is 185 g/mol. The van der Waals surface area contributed by atoms with Crippen molar-refractivity contribution in [2.75, 3.05) is 26.2 Å². The fourth-order valence-corrected chi connectivity index (χ4v) is 2.31. The third-order valence-electron chi connectivity index (χ3n) is 3.36. The molecule has 0 spiro atoms. The largest absolute Gasteiger partial charge is 0.386 e. The second kappa shape index (κ2) is 3.56. The summed E-state index contributed by atoms with van der Waals surface area (Å²) in [7, 11) is 0. The van der Waals surface area contributed by atoms with Crippen molar-refractivity contribution in [2.45, 2.75) is 37.9 Å². The molecule has 76 valence electrons. The number of rotatable bonds is 2. The first-order valence-corrected chi connectivity index (χ1v) is 5.27. The minimum Gasteiger partial charge on any atom is -0.386 e. The summed E-state index contributed by atoms with van der Waals surface area (Å²) in [4.78, 5) is 2.35. The molecule has 2 heterocycles. The van der Waals surface area contributed by atoms with Crippen molar-refractivity contribution in [1.29, 1.82) is 0 Å². The molecule has 0 amide bonds. The first-order chi connectivity index (χ1) is 6.21. The summed E-state index contributed by atoms with van der Waals surface area (Å²) < 4.78 is 5.40. The Bertz CT molecular complexity index is 180. The van der Waals surface area contributed by atoms with Crippen molar-refractivity contribution in [3.63, 3.8) is 0 Å². The molecule has 2 rings (SSSR count). The molecule has 2 unspecified atom stereocenters. The van der Waals surface area contributed by atoms with Gasteiger partial charge < -0.3 is 14.7 Å². The Kier molecular flexibility index (Phi) is 2.58. The zero-order valence-electron chi connectivity index (χ0n) is 8.33. The highest BCUT2D eigenvalue weighted by molar-refractivity contribution is 4.93. The third kappa shape index (κ3) is 1.87. The summed E-state index contributed by atoms with van der Waals surface area (Å²) in [6, 6.07) is 0. The standard InChI is InChI=1S/C10H19NO2/c1-9-10(12,4-7-13-9)8-11-5-2-3-6-11/h9,12H,2-8H2,1H3. The molecule has 0 saturated carbocycles. The number of β-amino-alcohol motifs (C(OH)–C–C–N with tert-alkyl or cyclic N) is 1. The van der Waals surface area contributed by atoms with Crippen LogP contribution in [0.15, 0.2) is 0 Å². The second-order valence-electron chi connectivity index (χ2n) is 4.35. The lowest BCUT2D eigenvalue weighted by molar-refractivity contribution is -0.0454. The van der Waals surface area contributed by atoms with Crippen molar-refractivity contribution in [3.8, 4) is 0 Å². The van der Waals surface area contributed by atoms with Crippen LogP contribution >= 0.6 is 0 Å². The molecule has 3 heteroatoms. The normalized spacial score (nSPS) is 41.5. The van der Waals surface area contributed by atoms with Gasteiger partial charge in [0.1, 0.15) is 5.60 Å². The molecule has 2 fully saturated rings. The van der Waals surface area contributed by atoms with Gasteiger partial charge in [-0.1, -0.05) is 0 Å². The molecular formula is C10H19NO2. The van der Waals surface area contributed by atoms with Crippen LogP contribution in [0.3, 0.4) is 0 Å². The molecule has 2 aliphatic rings. The lowest BCUT2D eigenvalue weighted by Gasteiger charge is -2.30. The van der Waals surface area contributed by atoms with Crippen LogP contribution in [0.25, 0.3) is 0 Å². The summed E-state index contributed by atoms with van der Waals surface area (Å²) in [5.74, 6) is 0. The molecule has 2 saturated heterocycles. The summed E-state index contributed by atoms with van der Waals surface area (Å²) >= 11 is 0. The number of likely N-dealkylation sites (tertiary alicyclic amines) is 1. The molecular weight excluding hydrogens is 166 g/mol. The van der Waals surface area contributed by atoms with Gasteiger partial charge in [0.25, 0.3) is 0 Å². The van der Waals surface area contributed by atoms with Crippen molar-refractivity contribution in [3.05, 3.63) is 0 Å². The lowest BCUT2D eigenvalue weighted by atomic mass is 9.96. The predicted octanol–water partition coefficient (Wildman–Crippen LogP) is 0.622. The number of nitrogens with zero attached hydrogens (tertiary/aromatic N) is 1. The molecule has 3 nitrogen and oxygen atoms in total. The van der Waals surface area contributed by atoms with Gasteiger partial charge >= 0.3 is 0 Å². The van der Waals surface area contributed by atoms with Crippen LogP contribution in [0.4, 0.5) is 0 Å². The molecule has 0 aromatic carbocycles. The van der Waals surface area contributed by atoms with Gasteiger partial charge in [0.15, 0.2) is 0 Å². The van der Waals surface area contributed by atoms with Crippen LogP contribution in [0.5, 0.6) is 0 Å². The highest BCUT2D eigenvalue weighted by Gasteiger charge is 2.41. The maximum Gasteiger partial charge on any atom is 0.105 e. The van der Waals surface area contributed by atoms with Crippen molar-refractivity contribution >= 4 is 0 Å². The second-order valence-corrected chi connectivity index (χ2v) is 4.35. The minimum atomic E-state index is -0.579. The van der Waals surface area contributed by atoms with E-state index in [1.54, 1.807) is 0 Å². The van der Waals surface area contributed by atoms with E-state index in [4.69, 9.17) is 4.74 Å². The molecule has 1 N–H and O–H groups in total. The van der Waals surface area contributed by atoms with E-state index in [0.29, 0.717) is 6.61 Å². The summed E-state index contributed by atoms with van der Waals surface area (Å²) in [5, 5.41) is 10.3. The van der Waals surface area contributed by atoms with E-state index in [0.717, 1.165) is 26.1 Å². The van der Waals surface area contributed by atoms with Crippen molar-refractivity contribution in [2.24, 2.45) is 0 Å². The molecule has 13 heavy (non-hydrogen) atoms. The van der Waals surface area contributed by atoms with Gasteiger partial charge in [0.2, 0.25) is 0 Å². The van der Waals surface area contributed by atoms with Gasteiger partial charge in [-0.05, 0) is 32.9 Å². The van der Waals surface area contributed by atoms with E-state index in [1.165, 1.54) is 12.8 Å². The summed E-state index contributed by atoms with van der Waals surface area (Å²) in [6.45, 7) is 5.78. The van der Waals surface area contributed by atoms with Crippen molar-refractivity contribution < 1.29 is 9.84 Å². The SMILES string of the molecule is CC1OCCC1(O)CN1CCCC1. The van der Waals surface area contributed by atoms with E-state index in [1.807, 2.05) is 6.92 Å². The number of hydrogen-bond acceptors (Lipinski definition) is 3. The number of hydrogen-bond donors (Lipinski definition) is 1. The molecule has 0 bridgehead atoms. The molecule has 0 aromatic rings. The van der Waals surface area contributed by atoms with Gasteiger partial charge in [-0.15, -0.1) is 0 Å². The van der Waals surface area contributed by atoms with Crippen molar-refractivity contribution in [1.82, 2.24) is 4.90 Å². The van der Waals surface area contributed by atoms with Gasteiger partial charge in [-0.2, -0.15) is 0 Å². The Hall–Kier alpha value is -0.120. The molecule has 0 radical (unpaired) electrons. The highest BCUT2D eigenvalue weighted by atomic mass is 16.5. The zero-order chi connectivity index (χ0) is 9.31.